The number of piperidine rings is 1. The molecule has 2 heterocycles. The second-order valence-electron chi connectivity index (χ2n) is 5.89. The molecule has 0 saturated carbocycles. The van der Waals surface area contributed by atoms with Gasteiger partial charge in [-0.25, -0.2) is 8.42 Å². The van der Waals surface area contributed by atoms with E-state index in [1.807, 2.05) is 0 Å². The average molecular weight is 318 g/mol. The van der Waals surface area contributed by atoms with Crippen molar-refractivity contribution in [2.45, 2.75) is 44.7 Å². The maximum atomic E-state index is 12.7. The van der Waals surface area contributed by atoms with Crippen molar-refractivity contribution in [3.8, 4) is 0 Å². The Hall–Kier alpha value is -1.15. The molecule has 8 heteroatoms. The third-order valence-corrected chi connectivity index (χ3v) is 5.81. The van der Waals surface area contributed by atoms with Crippen LogP contribution < -0.4 is 0 Å². The molecule has 2 fully saturated rings. The number of hydrogen-bond acceptors (Lipinski definition) is 4. The van der Waals surface area contributed by atoms with Gasteiger partial charge in [0.25, 0.3) is 0 Å². The predicted molar refractivity (Wildman–Crippen MR) is 76.1 cm³/mol. The SMILES string of the molecule is CC1C(C(=O)O)CCN1C(=O)C1CCCCN1S(C)(=O)=O. The largest absolute Gasteiger partial charge is 0.481 e. The summed E-state index contributed by atoms with van der Waals surface area (Å²) in [6, 6.07) is -1.07. The molecule has 2 saturated heterocycles. The Bertz CT molecular complexity index is 533. The van der Waals surface area contributed by atoms with Crippen molar-refractivity contribution in [2.75, 3.05) is 19.3 Å². The van der Waals surface area contributed by atoms with Crippen molar-refractivity contribution in [1.29, 1.82) is 0 Å². The van der Waals surface area contributed by atoms with Crippen molar-refractivity contribution in [3.05, 3.63) is 0 Å². The third-order valence-electron chi connectivity index (χ3n) is 4.52. The summed E-state index contributed by atoms with van der Waals surface area (Å²) in [5.41, 5.74) is 0. The summed E-state index contributed by atoms with van der Waals surface area (Å²) < 4.78 is 24.9. The van der Waals surface area contributed by atoms with Crippen LogP contribution in [0, 0.1) is 5.92 Å². The van der Waals surface area contributed by atoms with E-state index in [0.29, 0.717) is 25.9 Å². The molecule has 3 unspecified atom stereocenters. The molecule has 120 valence electrons. The van der Waals surface area contributed by atoms with E-state index in [2.05, 4.69) is 0 Å². The molecule has 2 aliphatic heterocycles. The van der Waals surface area contributed by atoms with Crippen LogP contribution in [0.1, 0.15) is 32.6 Å². The van der Waals surface area contributed by atoms with Crippen molar-refractivity contribution in [2.24, 2.45) is 5.92 Å². The van der Waals surface area contributed by atoms with Crippen LogP contribution in [0.3, 0.4) is 0 Å². The van der Waals surface area contributed by atoms with Gasteiger partial charge >= 0.3 is 5.97 Å². The normalized spacial score (nSPS) is 31.3. The minimum Gasteiger partial charge on any atom is -0.481 e. The highest BCUT2D eigenvalue weighted by Gasteiger charge is 2.43. The lowest BCUT2D eigenvalue weighted by molar-refractivity contribution is -0.143. The van der Waals surface area contributed by atoms with Gasteiger partial charge in [-0.05, 0) is 26.2 Å². The first-order valence-electron chi connectivity index (χ1n) is 7.23. The lowest BCUT2D eigenvalue weighted by Crippen LogP contribution is -2.53. The summed E-state index contributed by atoms with van der Waals surface area (Å²) in [5.74, 6) is -1.72. The van der Waals surface area contributed by atoms with Gasteiger partial charge in [-0.15, -0.1) is 0 Å². The molecule has 0 aromatic carbocycles. The zero-order valence-electron chi connectivity index (χ0n) is 12.4. The smallest absolute Gasteiger partial charge is 0.308 e. The van der Waals surface area contributed by atoms with Gasteiger partial charge in [0.2, 0.25) is 15.9 Å². The van der Waals surface area contributed by atoms with Crippen LogP contribution in [0.5, 0.6) is 0 Å². The molecular formula is C13H22N2O5S. The van der Waals surface area contributed by atoms with E-state index < -0.39 is 34.0 Å². The Morgan fingerprint density at radius 3 is 2.33 bits per heavy atom. The van der Waals surface area contributed by atoms with E-state index in [4.69, 9.17) is 5.11 Å². The first-order chi connectivity index (χ1) is 9.73. The van der Waals surface area contributed by atoms with Crippen molar-refractivity contribution in [1.82, 2.24) is 9.21 Å². The Kier molecular flexibility index (Phi) is 4.57. The van der Waals surface area contributed by atoms with Crippen LogP contribution in [0.25, 0.3) is 0 Å². The Balaban J connectivity index is 2.17. The fourth-order valence-corrected chi connectivity index (χ4v) is 4.44. The van der Waals surface area contributed by atoms with E-state index >= 15 is 0 Å². The maximum Gasteiger partial charge on any atom is 0.308 e. The maximum absolute atomic E-state index is 12.7. The number of rotatable bonds is 3. The zero-order valence-corrected chi connectivity index (χ0v) is 13.2. The number of carbonyl (C=O) groups is 2. The van der Waals surface area contributed by atoms with Crippen LogP contribution in [0.2, 0.25) is 0 Å². The van der Waals surface area contributed by atoms with Crippen molar-refractivity contribution in [3.63, 3.8) is 0 Å². The summed E-state index contributed by atoms with van der Waals surface area (Å²) in [4.78, 5) is 25.3. The molecule has 0 aliphatic carbocycles. The third kappa shape index (κ3) is 3.21. The number of carboxylic acids is 1. The summed E-state index contributed by atoms with van der Waals surface area (Å²) in [7, 11) is -3.43. The summed E-state index contributed by atoms with van der Waals surface area (Å²) in [6.07, 6.45) is 3.62. The first-order valence-corrected chi connectivity index (χ1v) is 9.08. The van der Waals surface area contributed by atoms with E-state index in [-0.39, 0.29) is 5.91 Å². The van der Waals surface area contributed by atoms with Crippen LogP contribution in [0.15, 0.2) is 0 Å². The number of likely N-dealkylation sites (tertiary alicyclic amines) is 1. The Labute approximate surface area is 125 Å². The highest BCUT2D eigenvalue weighted by atomic mass is 32.2. The lowest BCUT2D eigenvalue weighted by atomic mass is 10.0. The number of carboxylic acid groups (broad SMARTS) is 1. The number of carbonyl (C=O) groups excluding carboxylic acids is 1. The second-order valence-corrected chi connectivity index (χ2v) is 7.83. The standard InChI is InChI=1S/C13H22N2O5S/c1-9-10(13(17)18)6-8-14(9)12(16)11-5-3-4-7-15(11)21(2,19)20/h9-11H,3-8H2,1-2H3,(H,17,18). The van der Waals surface area contributed by atoms with Gasteiger partial charge in [-0.2, -0.15) is 4.31 Å². The summed E-state index contributed by atoms with van der Waals surface area (Å²) >= 11 is 0. The highest BCUT2D eigenvalue weighted by Crippen LogP contribution is 2.28. The Morgan fingerprint density at radius 1 is 1.14 bits per heavy atom. The molecule has 2 rings (SSSR count). The van der Waals surface area contributed by atoms with Gasteiger partial charge in [0.1, 0.15) is 6.04 Å². The zero-order chi connectivity index (χ0) is 15.8. The molecule has 1 amide bonds. The molecule has 0 aromatic heterocycles. The van der Waals surface area contributed by atoms with Gasteiger partial charge in [-0.1, -0.05) is 6.42 Å². The van der Waals surface area contributed by atoms with Crippen molar-refractivity contribution < 1.29 is 23.1 Å². The number of amides is 1. The fraction of sp³-hybridized carbons (Fsp3) is 0.846. The lowest BCUT2D eigenvalue weighted by Gasteiger charge is -2.36. The van der Waals surface area contributed by atoms with Gasteiger partial charge < -0.3 is 10.0 Å². The van der Waals surface area contributed by atoms with Gasteiger partial charge in [0.15, 0.2) is 0 Å². The molecule has 0 aromatic rings. The number of hydrogen-bond donors (Lipinski definition) is 1. The Morgan fingerprint density at radius 2 is 1.81 bits per heavy atom. The predicted octanol–water partition coefficient (Wildman–Crippen LogP) is 0.122. The number of aliphatic carboxylic acids is 1. The van der Waals surface area contributed by atoms with E-state index in [1.54, 1.807) is 6.92 Å². The van der Waals surface area contributed by atoms with Crippen LogP contribution in [-0.2, 0) is 19.6 Å². The molecular weight excluding hydrogens is 296 g/mol. The highest BCUT2D eigenvalue weighted by molar-refractivity contribution is 7.88. The minimum atomic E-state index is -3.43. The molecule has 1 N–H and O–H groups in total. The first kappa shape index (κ1) is 16.2. The number of nitrogens with zero attached hydrogens (tertiary/aromatic N) is 2. The molecule has 3 atom stereocenters. The van der Waals surface area contributed by atoms with E-state index in [1.165, 1.54) is 9.21 Å². The van der Waals surface area contributed by atoms with Gasteiger partial charge in [0.05, 0.1) is 12.2 Å². The molecule has 0 radical (unpaired) electrons. The molecule has 0 bridgehead atoms. The van der Waals surface area contributed by atoms with Gasteiger partial charge in [-0.3, -0.25) is 9.59 Å². The fourth-order valence-electron chi connectivity index (χ4n) is 3.32. The van der Waals surface area contributed by atoms with Gasteiger partial charge in [0, 0.05) is 19.1 Å². The molecule has 7 nitrogen and oxygen atoms in total. The van der Waals surface area contributed by atoms with Crippen molar-refractivity contribution >= 4 is 21.9 Å². The topological polar surface area (TPSA) is 95.0 Å². The molecule has 21 heavy (non-hydrogen) atoms. The van der Waals surface area contributed by atoms with Crippen LogP contribution in [-0.4, -0.2) is 66.0 Å². The van der Waals surface area contributed by atoms with Crippen LogP contribution >= 0.6 is 0 Å². The molecule has 2 aliphatic rings. The van der Waals surface area contributed by atoms with Crippen LogP contribution in [0.4, 0.5) is 0 Å². The monoisotopic (exact) mass is 318 g/mol. The summed E-state index contributed by atoms with van der Waals surface area (Å²) in [6.45, 7) is 2.46. The van der Waals surface area contributed by atoms with E-state index in [9.17, 15) is 18.0 Å². The average Bonchev–Trinajstić information content (AvgIpc) is 2.79. The summed E-state index contributed by atoms with van der Waals surface area (Å²) in [5, 5.41) is 9.13. The second kappa shape index (κ2) is 5.92. The minimum absolute atomic E-state index is 0.253. The molecule has 0 spiro atoms. The number of sulfonamides is 1. The van der Waals surface area contributed by atoms with E-state index in [0.717, 1.165) is 19.1 Å². The quantitative estimate of drug-likeness (QED) is 0.797.